The lowest BCUT2D eigenvalue weighted by atomic mass is 10.1. The summed E-state index contributed by atoms with van der Waals surface area (Å²) < 4.78 is 5.58. The largest absolute Gasteiger partial charge is 0.494 e. The van der Waals surface area contributed by atoms with Crippen LogP contribution in [0.4, 0.5) is 23.0 Å². The maximum atomic E-state index is 13.3. The number of fused-ring (bicyclic) bond motifs is 1. The molecule has 41 heavy (non-hydrogen) atoms. The van der Waals surface area contributed by atoms with E-state index in [0.717, 1.165) is 10.9 Å². The highest BCUT2D eigenvalue weighted by Crippen LogP contribution is 2.39. The van der Waals surface area contributed by atoms with Crippen LogP contribution in [0.5, 0.6) is 5.75 Å². The van der Waals surface area contributed by atoms with Crippen LogP contribution in [-0.4, -0.2) is 102 Å². The summed E-state index contributed by atoms with van der Waals surface area (Å²) in [6.45, 7) is 1.29. The van der Waals surface area contributed by atoms with Crippen LogP contribution >= 0.6 is 0 Å². The third-order valence-electron chi connectivity index (χ3n) is 6.65. The quantitative estimate of drug-likeness (QED) is 0.173. The van der Waals surface area contributed by atoms with E-state index in [0.29, 0.717) is 47.2 Å². The van der Waals surface area contributed by atoms with Crippen LogP contribution in [0.15, 0.2) is 48.7 Å². The molecule has 0 unspecified atom stereocenters. The van der Waals surface area contributed by atoms with Gasteiger partial charge in [-0.1, -0.05) is 18.2 Å². The molecule has 0 radical (unpaired) electrons. The number of amides is 1. The number of anilines is 3. The van der Waals surface area contributed by atoms with Crippen molar-refractivity contribution in [3.63, 3.8) is 0 Å². The zero-order valence-corrected chi connectivity index (χ0v) is 23.7. The highest BCUT2D eigenvalue weighted by molar-refractivity contribution is 6.09. The van der Waals surface area contributed by atoms with Gasteiger partial charge in [0.05, 0.1) is 30.0 Å². The topological polar surface area (TPSA) is 153 Å². The maximum absolute atomic E-state index is 13.3. The first-order chi connectivity index (χ1) is 19.6. The van der Waals surface area contributed by atoms with E-state index in [1.807, 2.05) is 48.2 Å². The minimum absolute atomic E-state index is 0.0952. The Morgan fingerprint density at radius 1 is 1.12 bits per heavy atom. The molecule has 4 rings (SSSR count). The summed E-state index contributed by atoms with van der Waals surface area (Å²) in [7, 11) is 8.77. The number of aliphatic hydroxyl groups is 1. The van der Waals surface area contributed by atoms with Gasteiger partial charge in [0.25, 0.3) is 11.6 Å². The molecule has 0 saturated heterocycles. The van der Waals surface area contributed by atoms with E-state index in [-0.39, 0.29) is 30.7 Å². The molecular formula is C28H34N8O5. The van der Waals surface area contributed by atoms with Crippen LogP contribution < -0.4 is 15.0 Å². The second kappa shape index (κ2) is 12.6. The number of para-hydroxylation sites is 1. The van der Waals surface area contributed by atoms with Gasteiger partial charge in [0.2, 0.25) is 5.95 Å². The van der Waals surface area contributed by atoms with Crippen LogP contribution in [0.2, 0.25) is 0 Å². The molecule has 13 heteroatoms. The first-order valence-corrected chi connectivity index (χ1v) is 12.9. The van der Waals surface area contributed by atoms with Crippen LogP contribution in [0, 0.1) is 10.1 Å². The van der Waals surface area contributed by atoms with Crippen molar-refractivity contribution in [1.82, 2.24) is 24.8 Å². The number of carbonyl (C=O) groups excluding carboxylic acids is 1. The minimum Gasteiger partial charge on any atom is -0.494 e. The monoisotopic (exact) mass is 562 g/mol. The van der Waals surface area contributed by atoms with E-state index in [1.165, 1.54) is 18.1 Å². The molecular weight excluding hydrogens is 528 g/mol. The number of aromatic nitrogens is 3. The number of hydrogen-bond donors (Lipinski definition) is 3. The summed E-state index contributed by atoms with van der Waals surface area (Å²) in [5.74, 6) is 0.241. The van der Waals surface area contributed by atoms with Gasteiger partial charge >= 0.3 is 0 Å². The summed E-state index contributed by atoms with van der Waals surface area (Å²) in [6, 6.07) is 12.2. The van der Waals surface area contributed by atoms with Crippen molar-refractivity contribution < 1.29 is 19.6 Å². The predicted octanol–water partition coefficient (Wildman–Crippen LogP) is 3.35. The fourth-order valence-corrected chi connectivity index (χ4v) is 4.44. The van der Waals surface area contributed by atoms with E-state index in [1.54, 1.807) is 32.4 Å². The molecule has 0 aliphatic carbocycles. The van der Waals surface area contributed by atoms with Crippen molar-refractivity contribution in [1.29, 1.82) is 0 Å². The van der Waals surface area contributed by atoms with Gasteiger partial charge in [-0.05, 0) is 26.2 Å². The molecule has 1 amide bonds. The molecule has 4 aromatic rings. The summed E-state index contributed by atoms with van der Waals surface area (Å²) in [5, 5.41) is 25.2. The number of nitrogens with zero attached hydrogens (tertiary/aromatic N) is 6. The van der Waals surface area contributed by atoms with Crippen LogP contribution in [0.3, 0.4) is 0 Å². The third kappa shape index (κ3) is 6.36. The Morgan fingerprint density at radius 2 is 1.88 bits per heavy atom. The number of rotatable bonds is 12. The standard InChI is InChI=1S/C28H34N8O5/c1-33(2)12-13-34(3)22-17-24(41-5)21(16-23(22)36(39)40)32-28-29-11-10-20(31-28)25-18-8-6-7-9-19(18)30-26(25)27(38)35(4)14-15-37/h6-11,16-17,30,37H,12-15H2,1-5H3,(H,29,31,32). The summed E-state index contributed by atoms with van der Waals surface area (Å²) in [5.41, 5.74) is 2.77. The molecule has 0 atom stereocenters. The molecule has 3 N–H and O–H groups in total. The van der Waals surface area contributed by atoms with E-state index < -0.39 is 4.92 Å². The number of H-pyrrole nitrogens is 1. The Labute approximate surface area is 237 Å². The molecule has 2 aromatic carbocycles. The highest BCUT2D eigenvalue weighted by atomic mass is 16.6. The normalized spacial score (nSPS) is 11.1. The average Bonchev–Trinajstić information content (AvgIpc) is 3.35. The second-order valence-electron chi connectivity index (χ2n) is 9.78. The lowest BCUT2D eigenvalue weighted by Crippen LogP contribution is -2.30. The number of benzene rings is 2. The fourth-order valence-electron chi connectivity index (χ4n) is 4.44. The Morgan fingerprint density at radius 3 is 2.56 bits per heavy atom. The number of hydrogen-bond acceptors (Lipinski definition) is 10. The lowest BCUT2D eigenvalue weighted by Gasteiger charge is -2.22. The number of methoxy groups -OCH3 is 1. The molecule has 2 aromatic heterocycles. The predicted molar refractivity (Wildman–Crippen MR) is 158 cm³/mol. The first kappa shape index (κ1) is 29.2. The molecule has 0 spiro atoms. The van der Waals surface area contributed by atoms with Crippen molar-refractivity contribution in [2.45, 2.75) is 0 Å². The van der Waals surface area contributed by atoms with Crippen LogP contribution in [-0.2, 0) is 0 Å². The molecule has 0 aliphatic rings. The Bertz CT molecular complexity index is 1550. The zero-order chi connectivity index (χ0) is 29.7. The van der Waals surface area contributed by atoms with Gasteiger partial charge in [0, 0.05) is 68.5 Å². The van der Waals surface area contributed by atoms with Crippen molar-refractivity contribution in [3.8, 4) is 17.0 Å². The number of nitro groups is 1. The third-order valence-corrected chi connectivity index (χ3v) is 6.65. The average molecular weight is 563 g/mol. The van der Waals surface area contributed by atoms with E-state index in [4.69, 9.17) is 4.74 Å². The summed E-state index contributed by atoms with van der Waals surface area (Å²) >= 11 is 0. The smallest absolute Gasteiger partial charge is 0.294 e. The number of nitro benzene ring substituents is 1. The Hall–Kier alpha value is -4.75. The number of aromatic amines is 1. The Balaban J connectivity index is 1.75. The first-order valence-electron chi connectivity index (χ1n) is 12.9. The highest BCUT2D eigenvalue weighted by Gasteiger charge is 2.25. The number of ether oxygens (including phenoxy) is 1. The second-order valence-corrected chi connectivity index (χ2v) is 9.78. The van der Waals surface area contributed by atoms with Gasteiger partial charge in [-0.3, -0.25) is 14.9 Å². The molecule has 0 bridgehead atoms. The molecule has 2 heterocycles. The summed E-state index contributed by atoms with van der Waals surface area (Å²) in [6.07, 6.45) is 1.54. The van der Waals surface area contributed by atoms with E-state index in [2.05, 4.69) is 20.3 Å². The van der Waals surface area contributed by atoms with Gasteiger partial charge in [-0.15, -0.1) is 0 Å². The molecule has 13 nitrogen and oxygen atoms in total. The number of nitrogens with one attached hydrogen (secondary N) is 2. The lowest BCUT2D eigenvalue weighted by molar-refractivity contribution is -0.384. The van der Waals surface area contributed by atoms with Crippen LogP contribution in [0.1, 0.15) is 10.5 Å². The van der Waals surface area contributed by atoms with Gasteiger partial charge < -0.3 is 34.8 Å². The van der Waals surface area contributed by atoms with Crippen molar-refractivity contribution >= 4 is 39.8 Å². The summed E-state index contributed by atoms with van der Waals surface area (Å²) in [4.78, 5) is 42.3. The van der Waals surface area contributed by atoms with E-state index >= 15 is 0 Å². The number of likely N-dealkylation sites (N-methyl/N-ethyl adjacent to an activating group) is 3. The van der Waals surface area contributed by atoms with Gasteiger partial charge in [-0.2, -0.15) is 0 Å². The molecule has 216 valence electrons. The minimum atomic E-state index is -0.434. The maximum Gasteiger partial charge on any atom is 0.294 e. The van der Waals surface area contributed by atoms with E-state index in [9.17, 15) is 20.0 Å². The Kier molecular flexibility index (Phi) is 9.00. The van der Waals surface area contributed by atoms with Crippen molar-refractivity contribution in [2.24, 2.45) is 0 Å². The molecule has 0 fully saturated rings. The van der Waals surface area contributed by atoms with Gasteiger partial charge in [-0.25, -0.2) is 9.97 Å². The number of aliphatic hydroxyl groups excluding tert-OH is 1. The zero-order valence-electron chi connectivity index (χ0n) is 23.7. The molecule has 0 aliphatic heterocycles. The molecule has 0 saturated carbocycles. The van der Waals surface area contributed by atoms with Gasteiger partial charge in [0.15, 0.2) is 0 Å². The van der Waals surface area contributed by atoms with Crippen molar-refractivity contribution in [3.05, 3.63) is 64.5 Å². The van der Waals surface area contributed by atoms with Gasteiger partial charge in [0.1, 0.15) is 17.1 Å². The fraction of sp³-hybridized carbons (Fsp3) is 0.321. The van der Waals surface area contributed by atoms with Crippen molar-refractivity contribution in [2.75, 3.05) is 71.8 Å². The number of carbonyl (C=O) groups is 1. The SMILES string of the molecule is COc1cc(N(C)CCN(C)C)c([N+](=O)[O-])cc1Nc1nccc(-c2c(C(=O)N(C)CCO)[nH]c3ccccc23)n1. The van der Waals surface area contributed by atoms with Crippen LogP contribution in [0.25, 0.3) is 22.2 Å².